The molecule has 2 unspecified atom stereocenters. The highest BCUT2D eigenvalue weighted by Crippen LogP contribution is 2.27. The summed E-state index contributed by atoms with van der Waals surface area (Å²) in [5, 5.41) is 3.66. The third kappa shape index (κ3) is 4.14. The van der Waals surface area contributed by atoms with E-state index in [0.29, 0.717) is 12.1 Å². The lowest BCUT2D eigenvalue weighted by atomic mass is 9.92. The Kier molecular flexibility index (Phi) is 5.30. The summed E-state index contributed by atoms with van der Waals surface area (Å²) in [5.74, 6) is 0.946. The highest BCUT2D eigenvalue weighted by atomic mass is 16.5. The maximum atomic E-state index is 5.73. The van der Waals surface area contributed by atoms with E-state index in [1.807, 2.05) is 13.2 Å². The van der Waals surface area contributed by atoms with Crippen LogP contribution in [0.15, 0.2) is 18.2 Å². The van der Waals surface area contributed by atoms with Gasteiger partial charge in [-0.3, -0.25) is 0 Å². The lowest BCUT2D eigenvalue weighted by molar-refractivity contribution is 0.0669. The van der Waals surface area contributed by atoms with Gasteiger partial charge in [0.1, 0.15) is 5.75 Å². The summed E-state index contributed by atoms with van der Waals surface area (Å²) in [7, 11) is 1.82. The molecule has 20 heavy (non-hydrogen) atoms. The fourth-order valence-corrected chi connectivity index (χ4v) is 2.85. The Bertz CT molecular complexity index is 431. The zero-order valence-corrected chi connectivity index (χ0v) is 13.1. The van der Waals surface area contributed by atoms with Gasteiger partial charge in [-0.1, -0.05) is 0 Å². The SMILES string of the molecule is COC1CCCC(Nc2ccc(OC(C)C)cc2C)C1. The van der Waals surface area contributed by atoms with E-state index >= 15 is 0 Å². The molecule has 0 amide bonds. The highest BCUT2D eigenvalue weighted by molar-refractivity contribution is 5.54. The van der Waals surface area contributed by atoms with E-state index in [4.69, 9.17) is 9.47 Å². The Hall–Kier alpha value is -1.22. The van der Waals surface area contributed by atoms with Crippen molar-refractivity contribution in [3.8, 4) is 5.75 Å². The van der Waals surface area contributed by atoms with Gasteiger partial charge in [0, 0.05) is 18.8 Å². The van der Waals surface area contributed by atoms with Crippen molar-refractivity contribution in [1.29, 1.82) is 0 Å². The second-order valence-corrected chi connectivity index (χ2v) is 6.01. The van der Waals surface area contributed by atoms with Crippen molar-refractivity contribution >= 4 is 5.69 Å². The largest absolute Gasteiger partial charge is 0.491 e. The molecule has 0 saturated heterocycles. The summed E-state index contributed by atoms with van der Waals surface area (Å²) in [6.07, 6.45) is 5.38. The average molecular weight is 277 g/mol. The first kappa shape index (κ1) is 15.2. The predicted molar refractivity (Wildman–Crippen MR) is 83.6 cm³/mol. The van der Waals surface area contributed by atoms with Crippen LogP contribution in [0, 0.1) is 6.92 Å². The standard InChI is InChI=1S/C17H27NO2/c1-12(2)20-16-8-9-17(13(3)10-16)18-14-6-5-7-15(11-14)19-4/h8-10,12,14-15,18H,5-7,11H2,1-4H3. The zero-order chi connectivity index (χ0) is 14.5. The fraction of sp³-hybridized carbons (Fsp3) is 0.647. The molecule has 0 aliphatic heterocycles. The van der Waals surface area contributed by atoms with Gasteiger partial charge in [0.25, 0.3) is 0 Å². The molecule has 0 heterocycles. The van der Waals surface area contributed by atoms with Crippen molar-refractivity contribution in [1.82, 2.24) is 0 Å². The molecular formula is C17H27NO2. The van der Waals surface area contributed by atoms with Crippen molar-refractivity contribution in [2.45, 2.75) is 64.7 Å². The van der Waals surface area contributed by atoms with Crippen LogP contribution < -0.4 is 10.1 Å². The molecule has 1 N–H and O–H groups in total. The van der Waals surface area contributed by atoms with Gasteiger partial charge in [0.15, 0.2) is 0 Å². The molecule has 2 atom stereocenters. The van der Waals surface area contributed by atoms with E-state index in [1.54, 1.807) is 0 Å². The number of methoxy groups -OCH3 is 1. The lowest BCUT2D eigenvalue weighted by Gasteiger charge is -2.30. The van der Waals surface area contributed by atoms with E-state index in [0.717, 1.165) is 12.2 Å². The van der Waals surface area contributed by atoms with E-state index in [-0.39, 0.29) is 6.10 Å². The van der Waals surface area contributed by atoms with E-state index in [9.17, 15) is 0 Å². The fourth-order valence-electron chi connectivity index (χ4n) is 2.85. The molecule has 1 aromatic carbocycles. The van der Waals surface area contributed by atoms with E-state index in [2.05, 4.69) is 38.2 Å². The normalized spacial score (nSPS) is 22.9. The average Bonchev–Trinajstić information content (AvgIpc) is 2.41. The van der Waals surface area contributed by atoms with Crippen molar-refractivity contribution in [3.63, 3.8) is 0 Å². The van der Waals surface area contributed by atoms with Crippen LogP contribution in [0.5, 0.6) is 5.75 Å². The molecule has 2 rings (SSSR count). The van der Waals surface area contributed by atoms with Crippen molar-refractivity contribution in [2.24, 2.45) is 0 Å². The Labute approximate surface area is 122 Å². The minimum Gasteiger partial charge on any atom is -0.491 e. The van der Waals surface area contributed by atoms with Gasteiger partial charge in [-0.25, -0.2) is 0 Å². The molecule has 1 aliphatic carbocycles. The topological polar surface area (TPSA) is 30.5 Å². The van der Waals surface area contributed by atoms with Crippen LogP contribution in [0.1, 0.15) is 45.1 Å². The Balaban J connectivity index is 1.98. The van der Waals surface area contributed by atoms with Gasteiger partial charge in [-0.05, 0) is 70.2 Å². The minimum absolute atomic E-state index is 0.217. The summed E-state index contributed by atoms with van der Waals surface area (Å²) in [6, 6.07) is 6.80. The zero-order valence-electron chi connectivity index (χ0n) is 13.1. The number of anilines is 1. The predicted octanol–water partition coefficient (Wildman–Crippen LogP) is 4.15. The van der Waals surface area contributed by atoms with Crippen molar-refractivity contribution in [3.05, 3.63) is 23.8 Å². The molecule has 1 saturated carbocycles. The molecule has 112 valence electrons. The molecule has 0 bridgehead atoms. The summed E-state index contributed by atoms with van der Waals surface area (Å²) in [4.78, 5) is 0. The van der Waals surface area contributed by atoms with E-state index in [1.165, 1.54) is 30.5 Å². The number of hydrogen-bond donors (Lipinski definition) is 1. The first-order chi connectivity index (χ1) is 9.58. The van der Waals surface area contributed by atoms with Gasteiger partial charge in [0.05, 0.1) is 12.2 Å². The molecular weight excluding hydrogens is 250 g/mol. The van der Waals surface area contributed by atoms with Crippen molar-refractivity contribution in [2.75, 3.05) is 12.4 Å². The number of hydrogen-bond acceptors (Lipinski definition) is 3. The minimum atomic E-state index is 0.217. The van der Waals surface area contributed by atoms with Crippen LogP contribution in [0.3, 0.4) is 0 Å². The molecule has 0 aromatic heterocycles. The number of ether oxygens (including phenoxy) is 2. The van der Waals surface area contributed by atoms with Crippen LogP contribution in [0.2, 0.25) is 0 Å². The van der Waals surface area contributed by atoms with Gasteiger partial charge < -0.3 is 14.8 Å². The first-order valence-corrected chi connectivity index (χ1v) is 7.65. The Morgan fingerprint density at radius 1 is 1.25 bits per heavy atom. The summed E-state index contributed by atoms with van der Waals surface area (Å²) >= 11 is 0. The van der Waals surface area contributed by atoms with Crippen LogP contribution in [-0.2, 0) is 4.74 Å². The maximum Gasteiger partial charge on any atom is 0.120 e. The van der Waals surface area contributed by atoms with Crippen LogP contribution in [0.4, 0.5) is 5.69 Å². The maximum absolute atomic E-state index is 5.73. The second-order valence-electron chi connectivity index (χ2n) is 6.01. The highest BCUT2D eigenvalue weighted by Gasteiger charge is 2.21. The van der Waals surface area contributed by atoms with Crippen LogP contribution >= 0.6 is 0 Å². The molecule has 0 spiro atoms. The molecule has 0 radical (unpaired) electrons. The quantitative estimate of drug-likeness (QED) is 0.877. The smallest absolute Gasteiger partial charge is 0.120 e. The number of nitrogens with one attached hydrogen (secondary N) is 1. The van der Waals surface area contributed by atoms with Crippen LogP contribution in [-0.4, -0.2) is 25.4 Å². The molecule has 1 aromatic rings. The first-order valence-electron chi connectivity index (χ1n) is 7.65. The summed E-state index contributed by atoms with van der Waals surface area (Å²) in [5.41, 5.74) is 2.45. The molecule has 1 aliphatic rings. The molecule has 3 heteroatoms. The van der Waals surface area contributed by atoms with Gasteiger partial charge in [0.2, 0.25) is 0 Å². The molecule has 1 fully saturated rings. The second kappa shape index (κ2) is 6.98. The van der Waals surface area contributed by atoms with Gasteiger partial charge in [-0.15, -0.1) is 0 Å². The van der Waals surface area contributed by atoms with Crippen LogP contribution in [0.25, 0.3) is 0 Å². The Morgan fingerprint density at radius 2 is 2.05 bits per heavy atom. The third-order valence-corrected chi connectivity index (χ3v) is 3.89. The van der Waals surface area contributed by atoms with Gasteiger partial charge in [-0.2, -0.15) is 0 Å². The summed E-state index contributed by atoms with van der Waals surface area (Å²) in [6.45, 7) is 6.23. The number of rotatable bonds is 5. The number of benzene rings is 1. The van der Waals surface area contributed by atoms with Crippen molar-refractivity contribution < 1.29 is 9.47 Å². The Morgan fingerprint density at radius 3 is 2.70 bits per heavy atom. The summed E-state index contributed by atoms with van der Waals surface area (Å²) < 4.78 is 11.2. The number of aryl methyl sites for hydroxylation is 1. The molecule has 3 nitrogen and oxygen atoms in total. The van der Waals surface area contributed by atoms with E-state index < -0.39 is 0 Å². The lowest BCUT2D eigenvalue weighted by Crippen LogP contribution is -2.31. The third-order valence-electron chi connectivity index (χ3n) is 3.89. The van der Waals surface area contributed by atoms with Gasteiger partial charge >= 0.3 is 0 Å². The monoisotopic (exact) mass is 277 g/mol.